The van der Waals surface area contributed by atoms with Gasteiger partial charge < -0.3 is 15.0 Å². The molecule has 0 unspecified atom stereocenters. The van der Waals surface area contributed by atoms with E-state index in [2.05, 4.69) is 21.2 Å². The maximum absolute atomic E-state index is 12.7. The van der Waals surface area contributed by atoms with E-state index in [4.69, 9.17) is 4.74 Å². The van der Waals surface area contributed by atoms with Crippen molar-refractivity contribution < 1.29 is 9.53 Å². The van der Waals surface area contributed by atoms with E-state index in [1.165, 1.54) is 0 Å². The number of hydrogen-bond acceptors (Lipinski definition) is 3. The Labute approximate surface area is 134 Å². The summed E-state index contributed by atoms with van der Waals surface area (Å²) in [6.45, 7) is 7.77. The number of likely N-dealkylation sites (tertiary alicyclic amines) is 1. The van der Waals surface area contributed by atoms with Crippen LogP contribution in [-0.4, -0.2) is 43.1 Å². The fraction of sp³-hybridized carbons (Fsp3) is 0.562. The lowest BCUT2D eigenvalue weighted by Gasteiger charge is -2.19. The van der Waals surface area contributed by atoms with Crippen molar-refractivity contribution in [2.75, 3.05) is 26.2 Å². The molecular formula is C16H21BrN2O2. The molecule has 0 saturated carbocycles. The predicted molar refractivity (Wildman–Crippen MR) is 85.7 cm³/mol. The molecule has 3 rings (SSSR count). The minimum atomic E-state index is 0.0967. The van der Waals surface area contributed by atoms with Gasteiger partial charge in [-0.2, -0.15) is 0 Å². The Morgan fingerprint density at radius 1 is 1.29 bits per heavy atom. The van der Waals surface area contributed by atoms with Gasteiger partial charge in [0.05, 0.1) is 6.10 Å². The van der Waals surface area contributed by atoms with Gasteiger partial charge >= 0.3 is 0 Å². The quantitative estimate of drug-likeness (QED) is 0.908. The molecule has 5 heteroatoms. The highest BCUT2D eigenvalue weighted by molar-refractivity contribution is 9.10. The largest absolute Gasteiger partial charge is 0.491 e. The molecule has 2 aliphatic heterocycles. The fourth-order valence-electron chi connectivity index (χ4n) is 3.23. The molecule has 0 spiro atoms. The van der Waals surface area contributed by atoms with Crippen LogP contribution in [0, 0.1) is 11.8 Å². The van der Waals surface area contributed by atoms with Gasteiger partial charge in [-0.25, -0.2) is 0 Å². The lowest BCUT2D eigenvalue weighted by atomic mass is 10.0. The third-order valence-electron chi connectivity index (χ3n) is 4.17. The molecule has 114 valence electrons. The van der Waals surface area contributed by atoms with Gasteiger partial charge in [0.15, 0.2) is 0 Å². The summed E-state index contributed by atoms with van der Waals surface area (Å²) in [7, 11) is 0. The van der Waals surface area contributed by atoms with Crippen LogP contribution >= 0.6 is 15.9 Å². The zero-order chi connectivity index (χ0) is 15.0. The Morgan fingerprint density at radius 2 is 1.95 bits per heavy atom. The average Bonchev–Trinajstić information content (AvgIpc) is 2.96. The topological polar surface area (TPSA) is 41.6 Å². The van der Waals surface area contributed by atoms with Crippen LogP contribution in [0.5, 0.6) is 5.75 Å². The molecule has 2 fully saturated rings. The van der Waals surface area contributed by atoms with Gasteiger partial charge in [0, 0.05) is 36.2 Å². The number of benzene rings is 1. The van der Waals surface area contributed by atoms with Gasteiger partial charge in [0.2, 0.25) is 0 Å². The molecule has 0 aliphatic carbocycles. The van der Waals surface area contributed by atoms with Crippen LogP contribution in [0.1, 0.15) is 24.2 Å². The number of rotatable bonds is 3. The molecule has 4 nitrogen and oxygen atoms in total. The summed E-state index contributed by atoms with van der Waals surface area (Å²) in [4.78, 5) is 14.7. The first-order chi connectivity index (χ1) is 10.0. The van der Waals surface area contributed by atoms with Crippen molar-refractivity contribution in [1.82, 2.24) is 10.2 Å². The van der Waals surface area contributed by atoms with Crippen LogP contribution < -0.4 is 10.1 Å². The van der Waals surface area contributed by atoms with Crippen molar-refractivity contribution in [2.45, 2.75) is 20.0 Å². The summed E-state index contributed by atoms with van der Waals surface area (Å²) in [5.41, 5.74) is 0.702. The van der Waals surface area contributed by atoms with Crippen molar-refractivity contribution in [1.29, 1.82) is 0 Å². The minimum absolute atomic E-state index is 0.0967. The van der Waals surface area contributed by atoms with Crippen molar-refractivity contribution in [3.05, 3.63) is 28.2 Å². The number of fused-ring (bicyclic) bond motifs is 1. The molecule has 2 saturated heterocycles. The number of nitrogens with one attached hydrogen (secondary N) is 1. The molecule has 21 heavy (non-hydrogen) atoms. The number of hydrogen-bond donors (Lipinski definition) is 1. The Hall–Kier alpha value is -1.07. The Balaban J connectivity index is 1.76. The molecule has 2 aliphatic rings. The van der Waals surface area contributed by atoms with E-state index >= 15 is 0 Å². The number of nitrogens with zero attached hydrogens (tertiary/aromatic N) is 1. The maximum atomic E-state index is 12.7. The zero-order valence-electron chi connectivity index (χ0n) is 12.4. The SMILES string of the molecule is CC(C)Oc1cc(Br)cc(C(=O)N2C[C@H]3CNC[C@H]3C2)c1. The molecular weight excluding hydrogens is 332 g/mol. The van der Waals surface area contributed by atoms with Crippen molar-refractivity contribution in [3.63, 3.8) is 0 Å². The highest BCUT2D eigenvalue weighted by Gasteiger charge is 2.38. The maximum Gasteiger partial charge on any atom is 0.254 e. The first-order valence-electron chi connectivity index (χ1n) is 7.50. The highest BCUT2D eigenvalue weighted by Crippen LogP contribution is 2.29. The van der Waals surface area contributed by atoms with Gasteiger partial charge in [-0.05, 0) is 43.9 Å². The number of amides is 1. The fourth-order valence-corrected chi connectivity index (χ4v) is 3.70. The summed E-state index contributed by atoms with van der Waals surface area (Å²) in [5.74, 6) is 2.09. The standard InChI is InChI=1S/C16H21BrN2O2/c1-10(2)21-15-4-11(3-14(17)5-15)16(20)19-8-12-6-18-7-13(12)9-19/h3-5,10,12-13,18H,6-9H2,1-2H3/t12-,13+. The smallest absolute Gasteiger partial charge is 0.254 e. The van der Waals surface area contributed by atoms with E-state index in [1.807, 2.05) is 36.9 Å². The van der Waals surface area contributed by atoms with E-state index < -0.39 is 0 Å². The van der Waals surface area contributed by atoms with Crippen LogP contribution in [0.4, 0.5) is 0 Å². The Kier molecular flexibility index (Phi) is 4.22. The Morgan fingerprint density at radius 3 is 2.57 bits per heavy atom. The number of ether oxygens (including phenoxy) is 1. The van der Waals surface area contributed by atoms with Gasteiger partial charge in [0.1, 0.15) is 5.75 Å². The lowest BCUT2D eigenvalue weighted by Crippen LogP contribution is -2.31. The molecule has 1 aromatic carbocycles. The molecule has 0 bridgehead atoms. The number of carbonyl (C=O) groups excluding carboxylic acids is 1. The van der Waals surface area contributed by atoms with Crippen LogP contribution in [-0.2, 0) is 0 Å². The molecule has 0 aromatic heterocycles. The van der Waals surface area contributed by atoms with Crippen molar-refractivity contribution in [3.8, 4) is 5.75 Å². The van der Waals surface area contributed by atoms with E-state index in [9.17, 15) is 4.79 Å². The normalized spacial score (nSPS) is 24.5. The summed E-state index contributed by atoms with van der Waals surface area (Å²) < 4.78 is 6.59. The summed E-state index contributed by atoms with van der Waals surface area (Å²) >= 11 is 3.47. The van der Waals surface area contributed by atoms with Crippen LogP contribution in [0.25, 0.3) is 0 Å². The first-order valence-corrected chi connectivity index (χ1v) is 8.29. The third-order valence-corrected chi connectivity index (χ3v) is 4.62. The van der Waals surface area contributed by atoms with Gasteiger partial charge in [-0.15, -0.1) is 0 Å². The summed E-state index contributed by atoms with van der Waals surface area (Å²) in [6.07, 6.45) is 0.0967. The minimum Gasteiger partial charge on any atom is -0.491 e. The van der Waals surface area contributed by atoms with Gasteiger partial charge in [-0.3, -0.25) is 4.79 Å². The second-order valence-electron chi connectivity index (χ2n) is 6.23. The lowest BCUT2D eigenvalue weighted by molar-refractivity contribution is 0.0781. The average molecular weight is 353 g/mol. The zero-order valence-corrected chi connectivity index (χ0v) is 14.0. The molecule has 2 atom stereocenters. The van der Waals surface area contributed by atoms with Crippen molar-refractivity contribution >= 4 is 21.8 Å². The van der Waals surface area contributed by atoms with Gasteiger partial charge in [0.25, 0.3) is 5.91 Å². The molecule has 0 radical (unpaired) electrons. The van der Waals surface area contributed by atoms with Gasteiger partial charge in [-0.1, -0.05) is 15.9 Å². The first kappa shape index (κ1) is 14.9. The molecule has 1 N–H and O–H groups in total. The highest BCUT2D eigenvalue weighted by atomic mass is 79.9. The second-order valence-corrected chi connectivity index (χ2v) is 7.15. The predicted octanol–water partition coefficient (Wildman–Crippen LogP) is 2.53. The third kappa shape index (κ3) is 3.24. The van der Waals surface area contributed by atoms with Crippen molar-refractivity contribution in [2.24, 2.45) is 11.8 Å². The number of carbonyl (C=O) groups is 1. The summed E-state index contributed by atoms with van der Waals surface area (Å²) in [6, 6.07) is 5.63. The van der Waals surface area contributed by atoms with Crippen LogP contribution in [0.15, 0.2) is 22.7 Å². The summed E-state index contributed by atoms with van der Waals surface area (Å²) in [5, 5.41) is 3.40. The Bertz CT molecular complexity index is 535. The van der Waals surface area contributed by atoms with E-state index in [0.29, 0.717) is 17.4 Å². The van der Waals surface area contributed by atoms with E-state index in [1.54, 1.807) is 0 Å². The van der Waals surface area contributed by atoms with Crippen LogP contribution in [0.2, 0.25) is 0 Å². The van der Waals surface area contributed by atoms with Crippen LogP contribution in [0.3, 0.4) is 0 Å². The van der Waals surface area contributed by atoms with E-state index in [0.717, 1.165) is 36.4 Å². The molecule has 1 aromatic rings. The van der Waals surface area contributed by atoms with E-state index in [-0.39, 0.29) is 12.0 Å². The molecule has 2 heterocycles. The molecule has 1 amide bonds. The number of halogens is 1. The monoisotopic (exact) mass is 352 g/mol. The second kappa shape index (κ2) is 5.97.